The minimum atomic E-state index is -0.814. The van der Waals surface area contributed by atoms with E-state index in [0.717, 1.165) is 12.8 Å². The Kier molecular flexibility index (Phi) is 6.89. The predicted octanol–water partition coefficient (Wildman–Crippen LogP) is 0.537. The van der Waals surface area contributed by atoms with Crippen LogP contribution in [-0.2, 0) is 23.9 Å². The van der Waals surface area contributed by atoms with E-state index in [-0.39, 0.29) is 42.7 Å². The number of rotatable bonds is 7. The van der Waals surface area contributed by atoms with Crippen molar-refractivity contribution in [1.82, 2.24) is 10.2 Å². The predicted molar refractivity (Wildman–Crippen MR) is 90.1 cm³/mol. The third-order valence-electron chi connectivity index (χ3n) is 4.75. The van der Waals surface area contributed by atoms with Crippen LogP contribution in [0.4, 0.5) is 0 Å². The summed E-state index contributed by atoms with van der Waals surface area (Å²) in [5.74, 6) is -1.91. The van der Waals surface area contributed by atoms with Crippen molar-refractivity contribution in [2.24, 2.45) is 17.8 Å². The molecular weight excluding hydrogens is 338 g/mol. The number of nitrogens with zero attached hydrogens (tertiary/aromatic N) is 2. The highest BCUT2D eigenvalue weighted by Gasteiger charge is 2.31. The number of nitrogens with one attached hydrogen (secondary N) is 1. The van der Waals surface area contributed by atoms with Gasteiger partial charge in [0.1, 0.15) is 12.5 Å². The Morgan fingerprint density at radius 1 is 1.27 bits per heavy atom. The second-order valence-electron chi connectivity index (χ2n) is 6.65. The molecule has 1 fully saturated rings. The lowest BCUT2D eigenvalue weighted by Crippen LogP contribution is -2.39. The molecule has 1 aliphatic heterocycles. The van der Waals surface area contributed by atoms with Crippen molar-refractivity contribution < 1.29 is 23.9 Å². The molecule has 0 aromatic heterocycles. The molecule has 8 nitrogen and oxygen atoms in total. The van der Waals surface area contributed by atoms with E-state index >= 15 is 0 Å². The third kappa shape index (κ3) is 5.15. The Bertz CT molecular complexity index is 626. The van der Waals surface area contributed by atoms with Gasteiger partial charge >= 0.3 is 5.97 Å². The van der Waals surface area contributed by atoms with Crippen LogP contribution in [0.15, 0.2) is 12.2 Å². The van der Waals surface area contributed by atoms with Crippen LogP contribution in [0.5, 0.6) is 0 Å². The number of hydrogen-bond acceptors (Lipinski definition) is 6. The molecule has 0 radical (unpaired) electrons. The fourth-order valence-corrected chi connectivity index (χ4v) is 3.12. The molecule has 140 valence electrons. The van der Waals surface area contributed by atoms with Gasteiger partial charge < -0.3 is 10.1 Å². The SMILES string of the molecule is CC(C#N)C(=O)OCCNC(=O)C1CCC(CN2C(=O)C=CC2=O)CC1. The van der Waals surface area contributed by atoms with Crippen molar-refractivity contribution in [1.29, 1.82) is 5.26 Å². The highest BCUT2D eigenvalue weighted by molar-refractivity contribution is 6.12. The summed E-state index contributed by atoms with van der Waals surface area (Å²) < 4.78 is 4.89. The van der Waals surface area contributed by atoms with E-state index in [2.05, 4.69) is 5.32 Å². The van der Waals surface area contributed by atoms with Crippen LogP contribution in [0.3, 0.4) is 0 Å². The minimum absolute atomic E-state index is 0.0398. The lowest BCUT2D eigenvalue weighted by atomic mass is 9.81. The molecule has 1 N–H and O–H groups in total. The summed E-state index contributed by atoms with van der Waals surface area (Å²) in [4.78, 5) is 47.9. The van der Waals surface area contributed by atoms with Crippen LogP contribution in [0.25, 0.3) is 0 Å². The molecule has 3 amide bonds. The van der Waals surface area contributed by atoms with Gasteiger partial charge in [0.2, 0.25) is 5.91 Å². The number of nitriles is 1. The molecule has 0 saturated heterocycles. The minimum Gasteiger partial charge on any atom is -0.463 e. The topological polar surface area (TPSA) is 117 Å². The number of carbonyl (C=O) groups excluding carboxylic acids is 4. The van der Waals surface area contributed by atoms with Crippen molar-refractivity contribution in [3.63, 3.8) is 0 Å². The zero-order valence-electron chi connectivity index (χ0n) is 14.8. The van der Waals surface area contributed by atoms with E-state index in [9.17, 15) is 19.2 Å². The molecule has 2 rings (SSSR count). The van der Waals surface area contributed by atoms with Gasteiger partial charge in [-0.15, -0.1) is 0 Å². The third-order valence-corrected chi connectivity index (χ3v) is 4.75. The first-order valence-electron chi connectivity index (χ1n) is 8.80. The van der Waals surface area contributed by atoms with E-state index in [1.807, 2.05) is 0 Å². The van der Waals surface area contributed by atoms with Gasteiger partial charge in [-0.2, -0.15) is 5.26 Å². The Hall–Kier alpha value is -2.69. The van der Waals surface area contributed by atoms with Crippen molar-refractivity contribution >= 4 is 23.7 Å². The maximum Gasteiger partial charge on any atom is 0.323 e. The Morgan fingerprint density at radius 3 is 2.46 bits per heavy atom. The summed E-state index contributed by atoms with van der Waals surface area (Å²) in [6, 6.07) is 1.79. The first-order chi connectivity index (χ1) is 12.4. The van der Waals surface area contributed by atoms with E-state index < -0.39 is 11.9 Å². The van der Waals surface area contributed by atoms with Crippen LogP contribution in [-0.4, -0.2) is 48.3 Å². The van der Waals surface area contributed by atoms with Gasteiger partial charge in [0, 0.05) is 24.6 Å². The largest absolute Gasteiger partial charge is 0.463 e. The number of ether oxygens (including phenoxy) is 1. The Labute approximate surface area is 152 Å². The summed E-state index contributed by atoms with van der Waals surface area (Å²) >= 11 is 0. The quantitative estimate of drug-likeness (QED) is 0.402. The molecule has 1 heterocycles. The van der Waals surface area contributed by atoms with Crippen LogP contribution in [0.2, 0.25) is 0 Å². The summed E-state index contributed by atoms with van der Waals surface area (Å²) in [6.07, 6.45) is 5.53. The summed E-state index contributed by atoms with van der Waals surface area (Å²) in [5.41, 5.74) is 0. The second kappa shape index (κ2) is 9.13. The lowest BCUT2D eigenvalue weighted by Gasteiger charge is -2.30. The second-order valence-corrected chi connectivity index (χ2v) is 6.65. The number of carbonyl (C=O) groups is 4. The fraction of sp³-hybridized carbons (Fsp3) is 0.611. The lowest BCUT2D eigenvalue weighted by molar-refractivity contribution is -0.146. The summed E-state index contributed by atoms with van der Waals surface area (Å²) in [7, 11) is 0. The summed E-state index contributed by atoms with van der Waals surface area (Å²) in [5, 5.41) is 11.3. The molecule has 0 aromatic rings. The van der Waals surface area contributed by atoms with Crippen LogP contribution in [0, 0.1) is 29.1 Å². The molecule has 1 atom stereocenters. The van der Waals surface area contributed by atoms with Crippen LogP contribution >= 0.6 is 0 Å². The van der Waals surface area contributed by atoms with Gasteiger partial charge in [-0.25, -0.2) is 0 Å². The number of hydrogen-bond donors (Lipinski definition) is 1. The zero-order chi connectivity index (χ0) is 19.1. The van der Waals surface area contributed by atoms with Crippen LogP contribution < -0.4 is 5.32 Å². The van der Waals surface area contributed by atoms with E-state index in [1.165, 1.54) is 24.0 Å². The van der Waals surface area contributed by atoms with Gasteiger partial charge in [0.15, 0.2) is 0 Å². The van der Waals surface area contributed by atoms with E-state index in [0.29, 0.717) is 19.4 Å². The summed E-state index contributed by atoms with van der Waals surface area (Å²) in [6.45, 7) is 2.12. The van der Waals surface area contributed by atoms with Crippen molar-refractivity contribution in [3.8, 4) is 6.07 Å². The van der Waals surface area contributed by atoms with E-state index in [4.69, 9.17) is 10.00 Å². The molecular formula is C18H23N3O5. The first-order valence-corrected chi connectivity index (χ1v) is 8.80. The molecule has 2 aliphatic rings. The average molecular weight is 361 g/mol. The Balaban J connectivity index is 1.64. The average Bonchev–Trinajstić information content (AvgIpc) is 2.96. The molecule has 1 unspecified atom stereocenters. The van der Waals surface area contributed by atoms with Gasteiger partial charge in [-0.3, -0.25) is 24.1 Å². The molecule has 0 spiro atoms. The maximum atomic E-state index is 12.2. The molecule has 0 bridgehead atoms. The Morgan fingerprint density at radius 2 is 1.88 bits per heavy atom. The van der Waals surface area contributed by atoms with Crippen molar-refractivity contribution in [2.75, 3.05) is 19.7 Å². The number of amides is 3. The van der Waals surface area contributed by atoms with Crippen molar-refractivity contribution in [3.05, 3.63) is 12.2 Å². The van der Waals surface area contributed by atoms with Gasteiger partial charge in [-0.05, 0) is 38.5 Å². The first kappa shape index (κ1) is 19.6. The normalized spacial score (nSPS) is 23.5. The molecule has 0 aromatic carbocycles. The van der Waals surface area contributed by atoms with E-state index in [1.54, 1.807) is 6.07 Å². The van der Waals surface area contributed by atoms with Crippen molar-refractivity contribution in [2.45, 2.75) is 32.6 Å². The highest BCUT2D eigenvalue weighted by Crippen LogP contribution is 2.30. The fourth-order valence-electron chi connectivity index (χ4n) is 3.12. The molecule has 1 aliphatic carbocycles. The zero-order valence-corrected chi connectivity index (χ0v) is 14.8. The standard InChI is InChI=1S/C18H23N3O5/c1-12(10-19)18(25)26-9-8-20-17(24)14-4-2-13(3-5-14)11-21-15(22)6-7-16(21)23/h6-7,12-14H,2-5,8-9,11H2,1H3,(H,20,24). The van der Waals surface area contributed by atoms with Crippen LogP contribution in [0.1, 0.15) is 32.6 Å². The number of esters is 1. The van der Waals surface area contributed by atoms with Gasteiger partial charge in [-0.1, -0.05) is 0 Å². The smallest absolute Gasteiger partial charge is 0.323 e. The number of imide groups is 1. The molecule has 8 heteroatoms. The molecule has 1 saturated carbocycles. The van der Waals surface area contributed by atoms with Gasteiger partial charge in [0.25, 0.3) is 11.8 Å². The highest BCUT2D eigenvalue weighted by atomic mass is 16.5. The van der Waals surface area contributed by atoms with Gasteiger partial charge in [0.05, 0.1) is 12.6 Å². The molecule has 26 heavy (non-hydrogen) atoms. The maximum absolute atomic E-state index is 12.2. The monoisotopic (exact) mass is 361 g/mol.